The van der Waals surface area contributed by atoms with Crippen molar-refractivity contribution in [2.75, 3.05) is 24.6 Å². The van der Waals surface area contributed by atoms with Crippen LogP contribution in [0.1, 0.15) is 34.1 Å². The van der Waals surface area contributed by atoms with Crippen molar-refractivity contribution in [2.45, 2.75) is 63.4 Å². The number of benzene rings is 1. The lowest BCUT2D eigenvalue weighted by Gasteiger charge is -2.40. The van der Waals surface area contributed by atoms with Gasteiger partial charge in [-0.05, 0) is 39.3 Å². The second-order valence-corrected chi connectivity index (χ2v) is 10.6. The normalized spacial score (nSPS) is 34.6. The van der Waals surface area contributed by atoms with Crippen LogP contribution in [0.25, 0.3) is 0 Å². The van der Waals surface area contributed by atoms with E-state index < -0.39 is 35.1 Å². The smallest absolute Gasteiger partial charge is 0.249 e. The van der Waals surface area contributed by atoms with Crippen LogP contribution in [0, 0.1) is 11.8 Å². The van der Waals surface area contributed by atoms with Crippen molar-refractivity contribution in [3.8, 4) is 0 Å². The van der Waals surface area contributed by atoms with Gasteiger partial charge in [0, 0.05) is 24.8 Å². The molecule has 4 aliphatic rings. The molecule has 0 aliphatic carbocycles. The minimum absolute atomic E-state index is 0.0835. The van der Waals surface area contributed by atoms with E-state index in [1.807, 2.05) is 75.4 Å². The van der Waals surface area contributed by atoms with Crippen LogP contribution >= 0.6 is 0 Å². The predicted molar refractivity (Wildman–Crippen MR) is 135 cm³/mol. The molecule has 0 radical (unpaired) electrons. The lowest BCUT2D eigenvalue weighted by atomic mass is 9.73. The molecule has 1 aromatic carbocycles. The van der Waals surface area contributed by atoms with E-state index in [1.54, 1.807) is 16.7 Å². The minimum Gasteiger partial charge on any atom is -0.394 e. The summed E-state index contributed by atoms with van der Waals surface area (Å²) in [4.78, 5) is 47.5. The van der Waals surface area contributed by atoms with Gasteiger partial charge in [-0.2, -0.15) is 0 Å². The van der Waals surface area contributed by atoms with Crippen LogP contribution in [0.4, 0.5) is 5.69 Å². The second-order valence-electron chi connectivity index (χ2n) is 10.6. The molecule has 1 N–H and O–H groups in total. The number of aliphatic hydroxyl groups excluding tert-OH is 1. The van der Waals surface area contributed by atoms with Crippen molar-refractivity contribution in [3.05, 3.63) is 54.6 Å². The fourth-order valence-electron chi connectivity index (χ4n) is 6.58. The van der Waals surface area contributed by atoms with Crippen molar-refractivity contribution >= 4 is 23.4 Å². The van der Waals surface area contributed by atoms with Crippen LogP contribution in [0.15, 0.2) is 54.6 Å². The molecule has 8 nitrogen and oxygen atoms in total. The molecule has 8 heteroatoms. The summed E-state index contributed by atoms with van der Waals surface area (Å²) in [5.41, 5.74) is -1.58. The maximum atomic E-state index is 14.3. The van der Waals surface area contributed by atoms with Crippen molar-refractivity contribution in [1.82, 2.24) is 9.80 Å². The van der Waals surface area contributed by atoms with Gasteiger partial charge in [-0.15, -0.1) is 0 Å². The Hall–Kier alpha value is -2.97. The Morgan fingerprint density at radius 2 is 1.67 bits per heavy atom. The maximum Gasteiger partial charge on any atom is 0.249 e. The Morgan fingerprint density at radius 3 is 2.31 bits per heavy atom. The van der Waals surface area contributed by atoms with Gasteiger partial charge in [-0.25, -0.2) is 0 Å². The molecule has 36 heavy (non-hydrogen) atoms. The number of carbonyl (C=O) groups excluding carboxylic acids is 3. The molecule has 0 aromatic heterocycles. The minimum atomic E-state index is -1.30. The number of ether oxygens (including phenoxy) is 1. The summed E-state index contributed by atoms with van der Waals surface area (Å²) in [7, 11) is 0. The summed E-state index contributed by atoms with van der Waals surface area (Å²) < 4.78 is 6.91. The molecule has 0 bridgehead atoms. The first-order chi connectivity index (χ1) is 17.2. The quantitative estimate of drug-likeness (QED) is 0.635. The Morgan fingerprint density at radius 1 is 0.972 bits per heavy atom. The van der Waals surface area contributed by atoms with Gasteiger partial charge < -0.3 is 24.5 Å². The largest absolute Gasteiger partial charge is 0.394 e. The first kappa shape index (κ1) is 24.7. The number of fused-ring (bicyclic) bond motifs is 2. The monoisotopic (exact) mass is 493 g/mol. The van der Waals surface area contributed by atoms with E-state index >= 15 is 0 Å². The van der Waals surface area contributed by atoms with Crippen LogP contribution in [0.5, 0.6) is 0 Å². The molecule has 4 heterocycles. The average molecular weight is 494 g/mol. The average Bonchev–Trinajstić information content (AvgIpc) is 3.17. The standard InChI is InChI=1S/C28H35N3O5/c1-5-27-13-9-16-30(20-11-7-6-8-12-20)24(33)21(27)22-25(34)31(19(4)17-32)23-26(35)29(18(2)3)15-10-14-28(22,23)36-27/h6-14,18-19,21-23,32H,5,15-17H2,1-4H3/t19-,21-,22+,23?,27+,28+/m1/s1. The molecule has 2 saturated heterocycles. The summed E-state index contributed by atoms with van der Waals surface area (Å²) in [6.45, 7) is 8.03. The molecule has 192 valence electrons. The van der Waals surface area contributed by atoms with E-state index in [0.717, 1.165) is 5.69 Å². The Bertz CT molecular complexity index is 1120. The van der Waals surface area contributed by atoms with Crippen molar-refractivity contribution in [1.29, 1.82) is 0 Å². The molecule has 3 amide bonds. The molecular weight excluding hydrogens is 458 g/mol. The van der Waals surface area contributed by atoms with Gasteiger partial charge in [0.25, 0.3) is 0 Å². The number of carbonyl (C=O) groups is 3. The van der Waals surface area contributed by atoms with Crippen molar-refractivity contribution in [2.24, 2.45) is 11.8 Å². The molecule has 5 rings (SSSR count). The first-order valence-corrected chi connectivity index (χ1v) is 12.9. The van der Waals surface area contributed by atoms with Crippen LogP contribution in [-0.4, -0.2) is 81.7 Å². The Kier molecular flexibility index (Phi) is 6.08. The second kappa shape index (κ2) is 8.85. The zero-order valence-electron chi connectivity index (χ0n) is 21.3. The summed E-state index contributed by atoms with van der Waals surface area (Å²) in [5.74, 6) is -2.42. The topological polar surface area (TPSA) is 90.4 Å². The van der Waals surface area contributed by atoms with E-state index in [4.69, 9.17) is 4.74 Å². The van der Waals surface area contributed by atoms with E-state index in [-0.39, 0.29) is 30.4 Å². The molecule has 1 aromatic rings. The van der Waals surface area contributed by atoms with E-state index in [2.05, 4.69) is 0 Å². The van der Waals surface area contributed by atoms with Crippen molar-refractivity contribution < 1.29 is 24.2 Å². The number of hydrogen-bond donors (Lipinski definition) is 1. The third-order valence-corrected chi connectivity index (χ3v) is 8.34. The number of para-hydroxylation sites is 1. The lowest BCUT2D eigenvalue weighted by Crippen LogP contribution is -2.59. The Labute approximate surface area is 212 Å². The van der Waals surface area contributed by atoms with Gasteiger partial charge in [0.05, 0.1) is 30.1 Å². The summed E-state index contributed by atoms with van der Waals surface area (Å²) >= 11 is 0. The molecule has 4 aliphatic heterocycles. The number of hydrogen-bond acceptors (Lipinski definition) is 5. The van der Waals surface area contributed by atoms with Gasteiger partial charge in [0.15, 0.2) is 0 Å². The van der Waals surface area contributed by atoms with Gasteiger partial charge in [0.2, 0.25) is 17.7 Å². The molecule has 6 atom stereocenters. The van der Waals surface area contributed by atoms with Gasteiger partial charge in [-0.1, -0.05) is 49.4 Å². The van der Waals surface area contributed by atoms with Crippen LogP contribution in [0.3, 0.4) is 0 Å². The van der Waals surface area contributed by atoms with Crippen LogP contribution < -0.4 is 4.90 Å². The highest BCUT2D eigenvalue weighted by molar-refractivity contribution is 6.04. The summed E-state index contributed by atoms with van der Waals surface area (Å²) in [5, 5.41) is 10.0. The fraction of sp³-hybridized carbons (Fsp3) is 0.536. The molecular formula is C28H35N3O5. The van der Waals surface area contributed by atoms with Crippen LogP contribution in [0.2, 0.25) is 0 Å². The fourth-order valence-corrected chi connectivity index (χ4v) is 6.58. The van der Waals surface area contributed by atoms with Crippen molar-refractivity contribution in [3.63, 3.8) is 0 Å². The lowest BCUT2D eigenvalue weighted by molar-refractivity contribution is -0.156. The highest BCUT2D eigenvalue weighted by Gasteiger charge is 2.75. The number of amides is 3. The van der Waals surface area contributed by atoms with E-state index in [0.29, 0.717) is 19.5 Å². The number of rotatable bonds is 5. The predicted octanol–water partition coefficient (Wildman–Crippen LogP) is 2.14. The highest BCUT2D eigenvalue weighted by atomic mass is 16.5. The third-order valence-electron chi connectivity index (χ3n) is 8.34. The first-order valence-electron chi connectivity index (χ1n) is 12.9. The van der Waals surface area contributed by atoms with Gasteiger partial charge >= 0.3 is 0 Å². The number of likely N-dealkylation sites (tertiary alicyclic amines) is 1. The molecule has 0 saturated carbocycles. The maximum absolute atomic E-state index is 14.3. The number of nitrogens with zero attached hydrogens (tertiary/aromatic N) is 3. The SMILES string of the molecule is CC[C@]12C=CCN(c3ccccc3)C(=O)[C@H]1[C@H]1C(=O)N([C@H](C)CO)C3C(=O)N(C(C)C)CC=C[C@@]31O2. The van der Waals surface area contributed by atoms with Gasteiger partial charge in [-0.3, -0.25) is 14.4 Å². The third kappa shape index (κ3) is 3.30. The van der Waals surface area contributed by atoms with E-state index in [9.17, 15) is 19.5 Å². The summed E-state index contributed by atoms with van der Waals surface area (Å²) in [6, 6.07) is 7.77. The molecule has 1 spiro atoms. The number of aliphatic hydroxyl groups is 1. The summed E-state index contributed by atoms with van der Waals surface area (Å²) in [6.07, 6.45) is 8.08. The molecule has 1 unspecified atom stereocenters. The zero-order valence-corrected chi connectivity index (χ0v) is 21.3. The zero-order chi connectivity index (χ0) is 25.8. The Balaban J connectivity index is 1.69. The highest BCUT2D eigenvalue weighted by Crippen LogP contribution is 2.59. The number of anilines is 1. The molecule has 2 fully saturated rings. The van der Waals surface area contributed by atoms with E-state index in [1.165, 1.54) is 4.90 Å². The van der Waals surface area contributed by atoms with Crippen LogP contribution in [-0.2, 0) is 19.1 Å². The van der Waals surface area contributed by atoms with Gasteiger partial charge in [0.1, 0.15) is 11.6 Å².